The molecule has 0 heterocycles. The molecule has 0 aromatic rings. The van der Waals surface area contributed by atoms with E-state index in [1.807, 2.05) is 0 Å². The van der Waals surface area contributed by atoms with Crippen LogP contribution >= 0.6 is 14.1 Å². The number of halogens is 1. The van der Waals surface area contributed by atoms with E-state index in [9.17, 15) is 0 Å². The van der Waals surface area contributed by atoms with Gasteiger partial charge >= 0.3 is 12.3 Å². The minimum absolute atomic E-state index is 0.498. The quantitative estimate of drug-likeness (QED) is 0.543. The Morgan fingerprint density at radius 3 is 1.00 bits per heavy atom. The molecule has 0 bridgehead atoms. The van der Waals surface area contributed by atoms with E-state index in [1.54, 1.807) is 0 Å². The lowest BCUT2D eigenvalue weighted by Gasteiger charge is -2.31. The molecule has 0 aliphatic carbocycles. The van der Waals surface area contributed by atoms with E-state index in [1.165, 1.54) is 0 Å². The summed E-state index contributed by atoms with van der Waals surface area (Å²) in [6.45, 7) is 13.9. The van der Waals surface area contributed by atoms with Gasteiger partial charge in [0.1, 0.15) is 0 Å². The molecule has 0 aromatic heterocycles. The highest BCUT2D eigenvalue weighted by Gasteiger charge is 2.39. The maximum absolute atomic E-state index is 3.86. The summed E-state index contributed by atoms with van der Waals surface area (Å²) in [5.74, 6) is 0. The van der Waals surface area contributed by atoms with Crippen molar-refractivity contribution in [3.8, 4) is 0 Å². The Bertz CT molecular complexity index is 93.4. The van der Waals surface area contributed by atoms with Crippen LogP contribution in [0, 0.1) is 0 Å². The molecular weight excluding hydrogens is 203 g/mol. The monoisotopic (exact) mass is 220 g/mol. The summed E-state index contributed by atoms with van der Waals surface area (Å²) in [7, 11) is 0. The smallest absolute Gasteiger partial charge is 0.216 e. The molecule has 2 heteroatoms. The average molecular weight is 221 g/mol. The Labute approximate surface area is 76.4 Å². The summed E-state index contributed by atoms with van der Waals surface area (Å²) >= 11 is 3.09. The Balaban J connectivity index is 4.23. The summed E-state index contributed by atoms with van der Waals surface area (Å²) in [4.78, 5) is 0. The minimum atomic E-state index is -0.766. The number of hydrogen-bond acceptors (Lipinski definition) is 0. The molecule has 0 nitrogen and oxygen atoms in total. The van der Waals surface area contributed by atoms with Gasteiger partial charge in [-0.2, -0.15) is 0 Å². The zero-order valence-corrected chi connectivity index (χ0v) is 10.7. The van der Waals surface area contributed by atoms with Gasteiger partial charge in [-0.1, -0.05) is 50.1 Å². The average Bonchev–Trinajstić information content (AvgIpc) is 1.59. The predicted octanol–water partition coefficient (Wildman–Crippen LogP) is 3.97. The van der Waals surface area contributed by atoms with Crippen molar-refractivity contribution in [1.29, 1.82) is 0 Å². The van der Waals surface area contributed by atoms with Gasteiger partial charge < -0.3 is 0 Å². The van der Waals surface area contributed by atoms with Crippen molar-refractivity contribution in [2.45, 2.75) is 50.1 Å². The molecular formula is C8H18AlBr. The van der Waals surface area contributed by atoms with Gasteiger partial charge in [0.25, 0.3) is 0 Å². The van der Waals surface area contributed by atoms with Gasteiger partial charge in [-0.05, 0) is 0 Å². The van der Waals surface area contributed by atoms with Gasteiger partial charge in [0.15, 0.2) is 0 Å². The van der Waals surface area contributed by atoms with E-state index in [2.05, 4.69) is 55.6 Å². The topological polar surface area (TPSA) is 0 Å². The molecule has 0 N–H and O–H groups in total. The molecule has 0 unspecified atom stereocenters. The first kappa shape index (κ1) is 11.0. The highest BCUT2D eigenvalue weighted by molar-refractivity contribution is 9.24. The third kappa shape index (κ3) is 3.42. The fourth-order valence-electron chi connectivity index (χ4n) is 1.30. The van der Waals surface area contributed by atoms with E-state index in [4.69, 9.17) is 0 Å². The van der Waals surface area contributed by atoms with Gasteiger partial charge in [0.2, 0.25) is 0 Å². The van der Waals surface area contributed by atoms with Crippen LogP contribution in [0.1, 0.15) is 41.5 Å². The molecule has 0 aliphatic rings. The standard InChI is InChI=1S/2C4H9.Al.BrH/c2*1-4(2)3;;/h2*1-3H3;;1H/q;;+1;/p-1. The molecule has 0 aliphatic heterocycles. The van der Waals surface area contributed by atoms with Crippen LogP contribution in [0.15, 0.2) is 0 Å². The fraction of sp³-hybridized carbons (Fsp3) is 1.00. The highest BCUT2D eigenvalue weighted by atomic mass is 79.9. The van der Waals surface area contributed by atoms with Crippen molar-refractivity contribution < 1.29 is 0 Å². The Hall–Kier alpha value is 1.01. The first-order chi connectivity index (χ1) is 4.15. The second kappa shape index (κ2) is 3.17. The van der Waals surface area contributed by atoms with Crippen LogP contribution in [0.3, 0.4) is 0 Å². The maximum Gasteiger partial charge on any atom is 0.376 e. The van der Waals surface area contributed by atoms with Crippen molar-refractivity contribution in [3.63, 3.8) is 0 Å². The van der Waals surface area contributed by atoms with E-state index in [0.29, 0.717) is 8.55 Å². The van der Waals surface area contributed by atoms with E-state index < -0.39 is 12.3 Å². The summed E-state index contributed by atoms with van der Waals surface area (Å²) in [6.07, 6.45) is 0. The van der Waals surface area contributed by atoms with Crippen molar-refractivity contribution in [1.82, 2.24) is 0 Å². The molecule has 0 fully saturated rings. The second-order valence-electron chi connectivity index (χ2n) is 5.09. The molecule has 0 spiro atoms. The largest absolute Gasteiger partial charge is 0.376 e. The van der Waals surface area contributed by atoms with Crippen LogP contribution < -0.4 is 0 Å². The lowest BCUT2D eigenvalue weighted by Crippen LogP contribution is -2.28. The summed E-state index contributed by atoms with van der Waals surface area (Å²) in [5.41, 5.74) is 0. The molecule has 0 radical (unpaired) electrons. The molecule has 0 saturated heterocycles. The van der Waals surface area contributed by atoms with Crippen molar-refractivity contribution in [3.05, 3.63) is 0 Å². The molecule has 10 heavy (non-hydrogen) atoms. The third-order valence-electron chi connectivity index (χ3n) is 1.52. The predicted molar refractivity (Wildman–Crippen MR) is 54.1 cm³/mol. The second-order valence-corrected chi connectivity index (χ2v) is 12.0. The highest BCUT2D eigenvalue weighted by Crippen LogP contribution is 2.44. The van der Waals surface area contributed by atoms with Crippen LogP contribution in [0.4, 0.5) is 0 Å². The first-order valence-electron chi connectivity index (χ1n) is 3.80. The van der Waals surface area contributed by atoms with E-state index in [-0.39, 0.29) is 0 Å². The van der Waals surface area contributed by atoms with E-state index >= 15 is 0 Å². The lowest BCUT2D eigenvalue weighted by molar-refractivity contribution is 0.663. The van der Waals surface area contributed by atoms with Crippen LogP contribution in [0.25, 0.3) is 0 Å². The van der Waals surface area contributed by atoms with Crippen LogP contribution in [0.5, 0.6) is 0 Å². The van der Waals surface area contributed by atoms with Gasteiger partial charge in [-0.3, -0.25) is 0 Å². The fourth-order valence-corrected chi connectivity index (χ4v) is 3.90. The van der Waals surface area contributed by atoms with Gasteiger partial charge in [-0.15, -0.1) is 0 Å². The Kier molecular flexibility index (Phi) is 3.49. The van der Waals surface area contributed by atoms with Gasteiger partial charge in [-0.25, -0.2) is 14.1 Å². The van der Waals surface area contributed by atoms with Crippen molar-refractivity contribution in [2.24, 2.45) is 0 Å². The molecule has 0 aromatic carbocycles. The molecule has 0 saturated carbocycles. The van der Waals surface area contributed by atoms with Crippen LogP contribution in [0.2, 0.25) is 8.55 Å². The molecule has 60 valence electrons. The number of rotatable bonds is 0. The SMILES string of the molecule is C[C](C)(C)[Al]([Br])[C](C)(C)C. The lowest BCUT2D eigenvalue weighted by atomic mass is 10.2. The molecule has 0 rings (SSSR count). The summed E-state index contributed by atoms with van der Waals surface area (Å²) in [6, 6.07) is 0. The third-order valence-corrected chi connectivity index (χ3v) is 12.8. The van der Waals surface area contributed by atoms with E-state index in [0.717, 1.165) is 0 Å². The maximum atomic E-state index is 3.86. The molecule has 0 atom stereocenters. The Morgan fingerprint density at radius 1 is 0.800 bits per heavy atom. The minimum Gasteiger partial charge on any atom is -0.216 e. The number of hydrogen-bond donors (Lipinski definition) is 0. The first-order valence-corrected chi connectivity index (χ1v) is 8.13. The summed E-state index contributed by atoms with van der Waals surface area (Å²) in [5, 5.41) is 0. The Morgan fingerprint density at radius 2 is 1.00 bits per heavy atom. The zero-order chi connectivity index (χ0) is 8.58. The van der Waals surface area contributed by atoms with Gasteiger partial charge in [0.05, 0.1) is 0 Å². The van der Waals surface area contributed by atoms with Crippen molar-refractivity contribution in [2.75, 3.05) is 0 Å². The normalized spacial score (nSPS) is 13.5. The van der Waals surface area contributed by atoms with Gasteiger partial charge in [0, 0.05) is 0 Å². The van der Waals surface area contributed by atoms with Crippen LogP contribution in [-0.4, -0.2) is 12.3 Å². The van der Waals surface area contributed by atoms with Crippen molar-refractivity contribution >= 4 is 26.4 Å². The zero-order valence-electron chi connectivity index (χ0n) is 7.96. The summed E-state index contributed by atoms with van der Waals surface area (Å²) < 4.78 is 0.997. The van der Waals surface area contributed by atoms with Crippen LogP contribution in [-0.2, 0) is 0 Å². The molecule has 0 amide bonds.